The highest BCUT2D eigenvalue weighted by atomic mass is 16.3. The molecule has 0 aliphatic carbocycles. The molecule has 27 heavy (non-hydrogen) atoms. The average Bonchev–Trinajstić information content (AvgIpc) is 2.62. The van der Waals surface area contributed by atoms with Crippen LogP contribution < -0.4 is 16.4 Å². The summed E-state index contributed by atoms with van der Waals surface area (Å²) in [4.78, 5) is 35.5. The Morgan fingerprint density at radius 1 is 1.07 bits per heavy atom. The number of benzene rings is 2. The van der Waals surface area contributed by atoms with Gasteiger partial charge in [0.05, 0.1) is 0 Å². The Labute approximate surface area is 157 Å². The molecule has 0 aliphatic rings. The molecule has 1 unspecified atom stereocenters. The van der Waals surface area contributed by atoms with Gasteiger partial charge in [-0.05, 0) is 62.1 Å². The van der Waals surface area contributed by atoms with Crippen LogP contribution in [0.5, 0.6) is 5.75 Å². The highest BCUT2D eigenvalue weighted by molar-refractivity contribution is 6.39. The van der Waals surface area contributed by atoms with E-state index >= 15 is 0 Å². The molecule has 1 atom stereocenters. The maximum Gasteiger partial charge on any atom is 0.313 e. The number of amides is 3. The van der Waals surface area contributed by atoms with Crippen molar-refractivity contribution in [1.29, 1.82) is 0 Å². The second kappa shape index (κ2) is 8.84. The van der Waals surface area contributed by atoms with Crippen molar-refractivity contribution < 1.29 is 19.5 Å². The van der Waals surface area contributed by atoms with Gasteiger partial charge in [0.2, 0.25) is 5.91 Å². The predicted molar refractivity (Wildman–Crippen MR) is 102 cm³/mol. The number of phenolic OH excluding ortho intramolecular Hbond substituents is 1. The van der Waals surface area contributed by atoms with Crippen molar-refractivity contribution in [3.63, 3.8) is 0 Å². The number of phenols is 1. The van der Waals surface area contributed by atoms with E-state index in [2.05, 4.69) is 10.6 Å². The topological polar surface area (TPSA) is 122 Å². The van der Waals surface area contributed by atoms with Gasteiger partial charge in [-0.25, -0.2) is 0 Å². The zero-order valence-corrected chi connectivity index (χ0v) is 15.3. The van der Waals surface area contributed by atoms with Gasteiger partial charge in [-0.15, -0.1) is 0 Å². The highest BCUT2D eigenvalue weighted by Gasteiger charge is 2.17. The van der Waals surface area contributed by atoms with Crippen molar-refractivity contribution in [2.24, 2.45) is 5.73 Å². The molecule has 3 amide bonds. The van der Waals surface area contributed by atoms with Gasteiger partial charge in [0.1, 0.15) is 5.75 Å². The van der Waals surface area contributed by atoms with Gasteiger partial charge in [0.25, 0.3) is 0 Å². The number of nitrogens with one attached hydrogen (secondary N) is 2. The quantitative estimate of drug-likeness (QED) is 0.581. The van der Waals surface area contributed by atoms with E-state index in [0.29, 0.717) is 24.1 Å². The fourth-order valence-corrected chi connectivity index (χ4v) is 2.50. The Morgan fingerprint density at radius 2 is 1.74 bits per heavy atom. The third-order valence-corrected chi connectivity index (χ3v) is 4.16. The van der Waals surface area contributed by atoms with E-state index in [1.807, 2.05) is 19.1 Å². The second-order valence-electron chi connectivity index (χ2n) is 6.43. The van der Waals surface area contributed by atoms with Crippen LogP contribution in [0.3, 0.4) is 0 Å². The second-order valence-corrected chi connectivity index (χ2v) is 6.43. The van der Waals surface area contributed by atoms with Gasteiger partial charge in [0, 0.05) is 17.3 Å². The molecule has 0 radical (unpaired) electrons. The Hall–Kier alpha value is -3.35. The van der Waals surface area contributed by atoms with Crippen molar-refractivity contribution >= 4 is 23.4 Å². The summed E-state index contributed by atoms with van der Waals surface area (Å²) in [5.74, 6) is -1.97. The Morgan fingerprint density at radius 3 is 2.37 bits per heavy atom. The summed E-state index contributed by atoms with van der Waals surface area (Å²) in [7, 11) is 0. The van der Waals surface area contributed by atoms with E-state index in [9.17, 15) is 19.5 Å². The molecule has 7 nitrogen and oxygen atoms in total. The summed E-state index contributed by atoms with van der Waals surface area (Å²) in [6.45, 7) is 3.56. The van der Waals surface area contributed by atoms with Crippen LogP contribution in [0.15, 0.2) is 42.5 Å². The van der Waals surface area contributed by atoms with Crippen LogP contribution >= 0.6 is 0 Å². The van der Waals surface area contributed by atoms with Crippen LogP contribution in [-0.4, -0.2) is 28.9 Å². The number of hydrogen-bond donors (Lipinski definition) is 4. The monoisotopic (exact) mass is 369 g/mol. The third-order valence-electron chi connectivity index (χ3n) is 4.16. The molecule has 0 spiro atoms. The normalized spacial score (nSPS) is 11.5. The molecule has 2 rings (SSSR count). The van der Waals surface area contributed by atoms with Crippen LogP contribution in [-0.2, 0) is 16.0 Å². The molecule has 7 heteroatoms. The van der Waals surface area contributed by atoms with Crippen molar-refractivity contribution in [2.45, 2.75) is 32.7 Å². The zero-order chi connectivity index (χ0) is 20.0. The molecule has 5 N–H and O–H groups in total. The van der Waals surface area contributed by atoms with Crippen molar-refractivity contribution in [2.75, 3.05) is 5.32 Å². The van der Waals surface area contributed by atoms with Gasteiger partial charge >= 0.3 is 11.8 Å². The summed E-state index contributed by atoms with van der Waals surface area (Å²) in [6.07, 6.45) is 1.34. The summed E-state index contributed by atoms with van der Waals surface area (Å²) < 4.78 is 0. The number of aryl methyl sites for hydroxylation is 2. The molecular formula is C20H23N3O4. The van der Waals surface area contributed by atoms with Crippen LogP contribution in [0.25, 0.3) is 0 Å². The van der Waals surface area contributed by atoms with Crippen LogP contribution in [0.4, 0.5) is 5.69 Å². The number of primary amides is 1. The minimum atomic E-state index is -0.809. The lowest BCUT2D eigenvalue weighted by molar-refractivity contribution is -0.136. The van der Waals surface area contributed by atoms with Gasteiger partial charge in [0.15, 0.2) is 0 Å². The number of nitrogens with two attached hydrogens (primary N) is 1. The minimum Gasteiger partial charge on any atom is -0.508 e. The van der Waals surface area contributed by atoms with E-state index in [1.54, 1.807) is 31.2 Å². The largest absolute Gasteiger partial charge is 0.508 e. The molecule has 142 valence electrons. The third kappa shape index (κ3) is 5.85. The average molecular weight is 369 g/mol. The van der Waals surface area contributed by atoms with Crippen molar-refractivity contribution in [3.8, 4) is 5.75 Å². The smallest absolute Gasteiger partial charge is 0.313 e. The molecule has 0 aromatic heterocycles. The maximum absolute atomic E-state index is 12.1. The van der Waals surface area contributed by atoms with Crippen molar-refractivity contribution in [1.82, 2.24) is 5.32 Å². The first kappa shape index (κ1) is 20.0. The summed E-state index contributed by atoms with van der Waals surface area (Å²) >= 11 is 0. The maximum atomic E-state index is 12.1. The van der Waals surface area contributed by atoms with Gasteiger partial charge < -0.3 is 21.5 Å². The first-order valence-corrected chi connectivity index (χ1v) is 8.56. The number of carbonyl (C=O) groups is 3. The van der Waals surface area contributed by atoms with E-state index in [0.717, 1.165) is 5.56 Å². The van der Waals surface area contributed by atoms with E-state index in [-0.39, 0.29) is 17.4 Å². The number of rotatable bonds is 6. The minimum absolute atomic E-state index is 0.201. The molecule has 0 saturated carbocycles. The summed E-state index contributed by atoms with van der Waals surface area (Å²) in [5, 5.41) is 14.4. The predicted octanol–water partition coefficient (Wildman–Crippen LogP) is 1.88. The first-order chi connectivity index (χ1) is 12.8. The molecule has 0 saturated heterocycles. The molecule has 0 bridgehead atoms. The van der Waals surface area contributed by atoms with Crippen molar-refractivity contribution in [3.05, 3.63) is 59.2 Å². The van der Waals surface area contributed by atoms with Crippen LogP contribution in [0.2, 0.25) is 0 Å². The molecule has 0 fully saturated rings. The van der Waals surface area contributed by atoms with Gasteiger partial charge in [-0.3, -0.25) is 14.4 Å². The van der Waals surface area contributed by atoms with E-state index in [4.69, 9.17) is 5.73 Å². The van der Waals surface area contributed by atoms with E-state index < -0.39 is 17.7 Å². The molecule has 2 aromatic rings. The Bertz CT molecular complexity index is 847. The molecular weight excluding hydrogens is 346 g/mol. The molecule has 2 aromatic carbocycles. The number of hydrogen-bond acceptors (Lipinski definition) is 4. The number of aromatic hydroxyl groups is 1. The van der Waals surface area contributed by atoms with Crippen LogP contribution in [0, 0.1) is 6.92 Å². The number of carbonyl (C=O) groups excluding carboxylic acids is 3. The Balaban J connectivity index is 1.89. The molecule has 0 heterocycles. The van der Waals surface area contributed by atoms with E-state index in [1.165, 1.54) is 6.07 Å². The number of anilines is 1. The Kier molecular flexibility index (Phi) is 6.54. The SMILES string of the molecule is Cc1ccc(C(N)=O)cc1NC(=O)C(=O)NC(C)CCc1ccc(O)cc1. The van der Waals surface area contributed by atoms with Crippen LogP contribution in [0.1, 0.15) is 34.8 Å². The lowest BCUT2D eigenvalue weighted by atomic mass is 10.1. The summed E-state index contributed by atoms with van der Waals surface area (Å²) in [6, 6.07) is 11.3. The standard InChI is InChI=1S/C20H23N3O4/c1-12-3-8-15(18(21)25)11-17(12)23-20(27)19(26)22-13(2)4-5-14-6-9-16(24)10-7-14/h3,6-11,13,24H,4-5H2,1-2H3,(H2,21,25)(H,22,26)(H,23,27). The summed E-state index contributed by atoms with van der Waals surface area (Å²) in [5.41, 5.74) is 7.58. The zero-order valence-electron chi connectivity index (χ0n) is 15.3. The fourth-order valence-electron chi connectivity index (χ4n) is 2.50. The lowest BCUT2D eigenvalue weighted by Gasteiger charge is -2.14. The first-order valence-electron chi connectivity index (χ1n) is 8.56. The fraction of sp³-hybridized carbons (Fsp3) is 0.250. The highest BCUT2D eigenvalue weighted by Crippen LogP contribution is 2.17. The molecule has 0 aliphatic heterocycles. The lowest BCUT2D eigenvalue weighted by Crippen LogP contribution is -2.40. The van der Waals surface area contributed by atoms with Gasteiger partial charge in [-0.2, -0.15) is 0 Å². The van der Waals surface area contributed by atoms with Gasteiger partial charge in [-0.1, -0.05) is 18.2 Å².